The van der Waals surface area contributed by atoms with E-state index in [1.807, 2.05) is 13.0 Å². The summed E-state index contributed by atoms with van der Waals surface area (Å²) >= 11 is 0. The third-order valence-electron chi connectivity index (χ3n) is 1.32. The molecule has 3 heteroatoms. The molecule has 9 heavy (non-hydrogen) atoms. The highest BCUT2D eigenvalue weighted by Gasteiger charge is 2.31. The Hall–Kier alpha value is -0.830. The highest BCUT2D eigenvalue weighted by molar-refractivity contribution is 5.88. The zero-order valence-electron chi connectivity index (χ0n) is 5.37. The third kappa shape index (κ3) is 0.954. The molecule has 0 spiro atoms. The van der Waals surface area contributed by atoms with Gasteiger partial charge in [-0.2, -0.15) is 0 Å². The van der Waals surface area contributed by atoms with E-state index in [4.69, 9.17) is 5.73 Å². The van der Waals surface area contributed by atoms with Crippen LogP contribution in [-0.4, -0.2) is 23.4 Å². The molecule has 0 aliphatic carbocycles. The predicted molar refractivity (Wildman–Crippen MR) is 34.5 cm³/mol. The van der Waals surface area contributed by atoms with Crippen LogP contribution in [-0.2, 0) is 4.79 Å². The van der Waals surface area contributed by atoms with Crippen molar-refractivity contribution in [2.45, 2.75) is 13.0 Å². The summed E-state index contributed by atoms with van der Waals surface area (Å²) in [6.45, 7) is 2.54. The minimum atomic E-state index is -0.249. The molecule has 0 bridgehead atoms. The molecule has 1 heterocycles. The number of carbonyl (C=O) groups is 1. The molecule has 1 atom stereocenters. The van der Waals surface area contributed by atoms with Crippen LogP contribution < -0.4 is 5.73 Å². The van der Waals surface area contributed by atoms with Gasteiger partial charge in [0.25, 0.3) is 0 Å². The van der Waals surface area contributed by atoms with Crippen molar-refractivity contribution in [3.8, 4) is 0 Å². The van der Waals surface area contributed by atoms with E-state index >= 15 is 0 Å². The summed E-state index contributed by atoms with van der Waals surface area (Å²) in [7, 11) is 0. The number of carbonyl (C=O) groups excluding carboxylic acids is 1. The quantitative estimate of drug-likeness (QED) is 0.490. The maximum absolute atomic E-state index is 10.7. The van der Waals surface area contributed by atoms with Crippen LogP contribution in [0.5, 0.6) is 0 Å². The Bertz CT molecular complexity index is 153. The molecule has 0 aromatic rings. The molecule has 0 aromatic carbocycles. The van der Waals surface area contributed by atoms with E-state index in [0.717, 1.165) is 0 Å². The van der Waals surface area contributed by atoms with Gasteiger partial charge in [0.05, 0.1) is 0 Å². The standard InChI is InChI=1S/C6H10N2O/c1-2-3-8-4-5(7)6(8)9/h2-3,5H,4,7H2,1H3/b3-2+/t5-/m0/s1. The van der Waals surface area contributed by atoms with Gasteiger partial charge in [-0.15, -0.1) is 0 Å². The van der Waals surface area contributed by atoms with Gasteiger partial charge < -0.3 is 10.6 Å². The van der Waals surface area contributed by atoms with Gasteiger partial charge in [-0.1, -0.05) is 6.08 Å². The average molecular weight is 126 g/mol. The summed E-state index contributed by atoms with van der Waals surface area (Å²) in [6.07, 6.45) is 3.56. The van der Waals surface area contributed by atoms with Gasteiger partial charge >= 0.3 is 0 Å². The Kier molecular flexibility index (Phi) is 1.53. The van der Waals surface area contributed by atoms with Crippen molar-refractivity contribution in [1.82, 2.24) is 4.90 Å². The highest BCUT2D eigenvalue weighted by atomic mass is 16.2. The minimum absolute atomic E-state index is 0.0214. The van der Waals surface area contributed by atoms with E-state index in [0.29, 0.717) is 6.54 Å². The lowest BCUT2D eigenvalue weighted by Gasteiger charge is -2.32. The van der Waals surface area contributed by atoms with Crippen molar-refractivity contribution >= 4 is 5.91 Å². The molecule has 1 amide bonds. The van der Waals surface area contributed by atoms with Crippen LogP contribution in [0.1, 0.15) is 6.92 Å². The SMILES string of the molecule is C/C=C/N1C[C@H](N)C1=O. The second-order valence-corrected chi connectivity index (χ2v) is 2.08. The normalized spacial score (nSPS) is 27.1. The molecule has 2 N–H and O–H groups in total. The lowest BCUT2D eigenvalue weighted by molar-refractivity contribution is -0.138. The Balaban J connectivity index is 2.42. The van der Waals surface area contributed by atoms with Crippen LogP contribution >= 0.6 is 0 Å². The molecule has 50 valence electrons. The first-order chi connectivity index (χ1) is 4.25. The number of nitrogens with two attached hydrogens (primary N) is 1. The highest BCUT2D eigenvalue weighted by Crippen LogP contribution is 2.06. The molecular weight excluding hydrogens is 116 g/mol. The number of rotatable bonds is 1. The largest absolute Gasteiger partial charge is 0.318 e. The fraction of sp³-hybridized carbons (Fsp3) is 0.500. The van der Waals surface area contributed by atoms with Gasteiger partial charge in [-0.05, 0) is 6.92 Å². The molecular formula is C6H10N2O. The Morgan fingerprint density at radius 2 is 2.56 bits per heavy atom. The summed E-state index contributed by atoms with van der Waals surface area (Å²) in [5.74, 6) is 0.0214. The van der Waals surface area contributed by atoms with E-state index in [9.17, 15) is 4.79 Å². The van der Waals surface area contributed by atoms with Gasteiger partial charge in [0.2, 0.25) is 5.91 Å². The lowest BCUT2D eigenvalue weighted by atomic mass is 10.1. The number of hydrogen-bond acceptors (Lipinski definition) is 2. The fourth-order valence-corrected chi connectivity index (χ4v) is 0.795. The second-order valence-electron chi connectivity index (χ2n) is 2.08. The Morgan fingerprint density at radius 3 is 2.89 bits per heavy atom. The first kappa shape index (κ1) is 6.29. The first-order valence-corrected chi connectivity index (χ1v) is 2.94. The molecule has 0 radical (unpaired) electrons. The third-order valence-corrected chi connectivity index (χ3v) is 1.32. The van der Waals surface area contributed by atoms with E-state index in [1.54, 1.807) is 11.1 Å². The van der Waals surface area contributed by atoms with Crippen molar-refractivity contribution in [3.05, 3.63) is 12.3 Å². The van der Waals surface area contributed by atoms with Gasteiger partial charge in [-0.25, -0.2) is 0 Å². The summed E-state index contributed by atoms with van der Waals surface area (Å²) in [5.41, 5.74) is 5.32. The van der Waals surface area contributed by atoms with Gasteiger partial charge in [0, 0.05) is 12.7 Å². The van der Waals surface area contributed by atoms with Crippen LogP contribution in [0.2, 0.25) is 0 Å². The van der Waals surface area contributed by atoms with Crippen LogP contribution in [0, 0.1) is 0 Å². The summed E-state index contributed by atoms with van der Waals surface area (Å²) in [5, 5.41) is 0. The van der Waals surface area contributed by atoms with Crippen molar-refractivity contribution in [3.63, 3.8) is 0 Å². The zero-order valence-corrected chi connectivity index (χ0v) is 5.37. The Labute approximate surface area is 54.1 Å². The smallest absolute Gasteiger partial charge is 0.245 e. The maximum atomic E-state index is 10.7. The monoisotopic (exact) mass is 126 g/mol. The summed E-state index contributed by atoms with van der Waals surface area (Å²) < 4.78 is 0. The number of hydrogen-bond donors (Lipinski definition) is 1. The first-order valence-electron chi connectivity index (χ1n) is 2.94. The second kappa shape index (κ2) is 2.19. The molecule has 1 aliphatic rings. The van der Waals surface area contributed by atoms with Gasteiger partial charge in [0.1, 0.15) is 6.04 Å². The Morgan fingerprint density at radius 1 is 1.89 bits per heavy atom. The van der Waals surface area contributed by atoms with Crippen molar-refractivity contribution in [1.29, 1.82) is 0 Å². The molecule has 1 saturated heterocycles. The molecule has 1 fully saturated rings. The fourth-order valence-electron chi connectivity index (χ4n) is 0.795. The number of likely N-dealkylation sites (tertiary alicyclic amines) is 1. The van der Waals surface area contributed by atoms with E-state index in [-0.39, 0.29) is 11.9 Å². The van der Waals surface area contributed by atoms with Crippen LogP contribution in [0.4, 0.5) is 0 Å². The molecule has 1 rings (SSSR count). The van der Waals surface area contributed by atoms with Gasteiger partial charge in [0.15, 0.2) is 0 Å². The number of β-lactam (4-membered cyclic amide) rings is 1. The number of allylic oxidation sites excluding steroid dienone is 1. The number of nitrogens with zero attached hydrogens (tertiary/aromatic N) is 1. The van der Waals surface area contributed by atoms with E-state index in [2.05, 4.69) is 0 Å². The topological polar surface area (TPSA) is 46.3 Å². The maximum Gasteiger partial charge on any atom is 0.245 e. The predicted octanol–water partition coefficient (Wildman–Crippen LogP) is -0.310. The van der Waals surface area contributed by atoms with E-state index < -0.39 is 0 Å². The lowest BCUT2D eigenvalue weighted by Crippen LogP contribution is -2.58. The summed E-state index contributed by atoms with van der Waals surface area (Å²) in [4.78, 5) is 12.3. The van der Waals surface area contributed by atoms with E-state index in [1.165, 1.54) is 0 Å². The van der Waals surface area contributed by atoms with Crippen molar-refractivity contribution < 1.29 is 4.79 Å². The molecule has 0 aromatic heterocycles. The minimum Gasteiger partial charge on any atom is -0.318 e. The molecule has 3 nitrogen and oxygen atoms in total. The van der Waals surface area contributed by atoms with Crippen molar-refractivity contribution in [2.24, 2.45) is 5.73 Å². The van der Waals surface area contributed by atoms with Crippen molar-refractivity contribution in [2.75, 3.05) is 6.54 Å². The molecule has 0 saturated carbocycles. The zero-order chi connectivity index (χ0) is 6.85. The van der Waals surface area contributed by atoms with Gasteiger partial charge in [-0.3, -0.25) is 4.79 Å². The van der Waals surface area contributed by atoms with Crippen LogP contribution in [0.25, 0.3) is 0 Å². The van der Waals surface area contributed by atoms with Crippen LogP contribution in [0.15, 0.2) is 12.3 Å². The molecule has 1 aliphatic heterocycles. The number of amides is 1. The molecule has 0 unspecified atom stereocenters. The van der Waals surface area contributed by atoms with Crippen LogP contribution in [0.3, 0.4) is 0 Å². The average Bonchev–Trinajstić information content (AvgIpc) is 1.88. The summed E-state index contributed by atoms with van der Waals surface area (Å²) in [6, 6.07) is -0.249.